The van der Waals surface area contributed by atoms with Crippen LogP contribution in [0.15, 0.2) is 324 Å². The van der Waals surface area contributed by atoms with E-state index in [4.69, 9.17) is 74.4 Å². The molecular weight excluding hydrogens is 1380 g/mol. The zero-order chi connectivity index (χ0) is 73.8. The molecule has 12 aromatic carbocycles. The second-order valence-electron chi connectivity index (χ2n) is 27.9. The summed E-state index contributed by atoms with van der Waals surface area (Å²) in [4.78, 5) is 38.6. The second kappa shape index (κ2) is 31.2. The average molecular weight is 1460 g/mol. The quantitative estimate of drug-likeness (QED) is 0.127. The van der Waals surface area contributed by atoms with E-state index in [9.17, 15) is 0 Å². The fraction of sp³-hybridized carbons (Fsp3) is 0.106. The van der Waals surface area contributed by atoms with Crippen molar-refractivity contribution in [2.24, 2.45) is 0 Å². The first-order valence-electron chi connectivity index (χ1n) is 36.6. The Morgan fingerprint density at radius 3 is 1.03 bits per heavy atom. The maximum atomic E-state index is 6.28. The molecule has 2 aliphatic heterocycles. The van der Waals surface area contributed by atoms with Crippen LogP contribution in [0.3, 0.4) is 0 Å². The Hall–Kier alpha value is -12.7. The molecule has 8 heterocycles. The lowest BCUT2D eigenvalue weighted by Gasteiger charge is -2.32. The number of fused-ring (bicyclic) bond motifs is 8. The van der Waals surface area contributed by atoms with Crippen molar-refractivity contribution in [2.75, 3.05) is 13.2 Å². The standard InChI is InChI=1S/C42H26N4O.C27H18ClN3.C21H20BNO3.C4H8O.H3N/c1-3-10-27(11-4-1)28-18-22-31(23-19-28)40-44-39(30-12-5-2-6-13-30)45-41(46-40)32-24-20-29(21-25-32)34-15-9-17-37-38(34)35-26-33-14-7-8-16-36(33)43-42(35)47-37;28-24-17-15-23(16-18-24)27-30-25(21-9-5-2-6-10-21)29-26(31-27)22-13-11-20(12-14-22)19-7-3-1-4-8-19;1-20(2)21(3,4)26-22(25-20)15-9-7-11-17-18(15)14-12-13-8-5-6-10-16(13)23-19(14)24-17;1-2-4-5-3-1;/h1-26H;1-18H;5-12H,1-4H3;1-4H2;1H3. The Balaban J connectivity index is 0.000000127. The SMILES string of the molecule is C1CCOC1.CC1(C)OB(c2cccc3oc4nc5ccccc5cc4c23)OC1(C)C.Clc1ccc(-c2nc(-c3ccccc3)nc(-c3ccc(-c4ccccc4)cc3)n2)cc1.N.c1ccc(-c2ccc(-c3nc(-c4ccccc4)nc(-c4ccc(-c5cccc6oc7nc8ccccc8cc7c56)cc4)n3)cc2)cc1. The molecule has 2 aliphatic rings. The van der Waals surface area contributed by atoms with Gasteiger partial charge in [-0.3, -0.25) is 0 Å². The summed E-state index contributed by atoms with van der Waals surface area (Å²) < 4.78 is 29.8. The summed E-state index contributed by atoms with van der Waals surface area (Å²) >= 11 is 6.07. The van der Waals surface area contributed by atoms with Gasteiger partial charge in [-0.2, -0.15) is 0 Å². The van der Waals surface area contributed by atoms with Crippen LogP contribution in [0.5, 0.6) is 0 Å². The summed E-state index contributed by atoms with van der Waals surface area (Å²) in [7, 11) is -0.434. The summed E-state index contributed by atoms with van der Waals surface area (Å²) in [5, 5.41) is 6.92. The number of halogens is 1. The highest BCUT2D eigenvalue weighted by Gasteiger charge is 2.52. The monoisotopic (exact) mass is 1460 g/mol. The number of pyridine rings is 2. The van der Waals surface area contributed by atoms with Crippen LogP contribution >= 0.6 is 11.6 Å². The van der Waals surface area contributed by atoms with Crippen molar-refractivity contribution in [3.8, 4) is 102 Å². The molecule has 14 nitrogen and oxygen atoms in total. The fourth-order valence-corrected chi connectivity index (χ4v) is 13.8. The highest BCUT2D eigenvalue weighted by Crippen LogP contribution is 2.41. The van der Waals surface area contributed by atoms with Gasteiger partial charge in [-0.05, 0) is 140 Å². The molecule has 0 amide bonds. The van der Waals surface area contributed by atoms with E-state index in [1.54, 1.807) is 0 Å². The lowest BCUT2D eigenvalue weighted by atomic mass is 9.76. The Kier molecular flexibility index (Phi) is 20.3. The van der Waals surface area contributed by atoms with Crippen LogP contribution in [0.4, 0.5) is 0 Å². The predicted molar refractivity (Wildman–Crippen MR) is 446 cm³/mol. The minimum absolute atomic E-state index is 0. The van der Waals surface area contributed by atoms with Crippen LogP contribution in [0, 0.1) is 0 Å². The molecule has 0 bridgehead atoms. The molecule has 110 heavy (non-hydrogen) atoms. The van der Waals surface area contributed by atoms with Crippen molar-refractivity contribution in [2.45, 2.75) is 51.7 Å². The van der Waals surface area contributed by atoms with Crippen molar-refractivity contribution < 1.29 is 22.9 Å². The number of para-hydroxylation sites is 2. The first kappa shape index (κ1) is 71.5. The molecule has 536 valence electrons. The van der Waals surface area contributed by atoms with Gasteiger partial charge in [0.05, 0.1) is 22.2 Å². The fourth-order valence-electron chi connectivity index (χ4n) is 13.6. The average Bonchev–Trinajstić information content (AvgIpc) is 1.59. The van der Waals surface area contributed by atoms with E-state index in [0.717, 1.165) is 129 Å². The van der Waals surface area contributed by atoms with Crippen molar-refractivity contribution >= 4 is 90.1 Å². The van der Waals surface area contributed by atoms with Gasteiger partial charge in [0, 0.05) is 83.9 Å². The van der Waals surface area contributed by atoms with Crippen LogP contribution in [0.2, 0.25) is 5.02 Å². The van der Waals surface area contributed by atoms with Gasteiger partial charge < -0.3 is 29.0 Å². The van der Waals surface area contributed by atoms with Crippen molar-refractivity contribution in [1.29, 1.82) is 0 Å². The maximum absolute atomic E-state index is 6.28. The van der Waals surface area contributed by atoms with Gasteiger partial charge >= 0.3 is 7.12 Å². The molecule has 2 fully saturated rings. The number of benzene rings is 12. The molecule has 18 aromatic rings. The van der Waals surface area contributed by atoms with Gasteiger partial charge in [-0.25, -0.2) is 39.9 Å². The Bertz CT molecular complexity index is 6250. The van der Waals surface area contributed by atoms with Crippen LogP contribution in [0.1, 0.15) is 40.5 Å². The topological polar surface area (TPSA) is 192 Å². The van der Waals surface area contributed by atoms with E-state index >= 15 is 0 Å². The molecule has 0 atom stereocenters. The normalized spacial score (nSPS) is 13.5. The molecule has 16 heteroatoms. The molecular formula is C94H75BClN9O5. The number of rotatable bonds is 10. The lowest BCUT2D eigenvalue weighted by molar-refractivity contribution is 0.00578. The van der Waals surface area contributed by atoms with Gasteiger partial charge in [-0.1, -0.05) is 266 Å². The summed E-state index contributed by atoms with van der Waals surface area (Å²) in [6.07, 6.45) is 2.56. The third kappa shape index (κ3) is 15.0. The van der Waals surface area contributed by atoms with E-state index in [2.05, 4.69) is 173 Å². The van der Waals surface area contributed by atoms with Gasteiger partial charge in [0.2, 0.25) is 11.4 Å². The van der Waals surface area contributed by atoms with Gasteiger partial charge in [0.1, 0.15) is 11.2 Å². The first-order valence-corrected chi connectivity index (χ1v) is 36.9. The van der Waals surface area contributed by atoms with Crippen LogP contribution < -0.4 is 11.6 Å². The van der Waals surface area contributed by atoms with Crippen LogP contribution in [-0.2, 0) is 14.0 Å². The number of furan rings is 2. The molecule has 20 rings (SSSR count). The number of nitrogens with zero attached hydrogens (tertiary/aromatic N) is 8. The lowest BCUT2D eigenvalue weighted by Crippen LogP contribution is -2.41. The summed E-state index contributed by atoms with van der Waals surface area (Å²) in [5.74, 6) is 3.78. The van der Waals surface area contributed by atoms with Crippen molar-refractivity contribution in [3.05, 3.63) is 320 Å². The Labute approximate surface area is 642 Å². The number of hydrogen-bond acceptors (Lipinski definition) is 14. The predicted octanol–water partition coefficient (Wildman–Crippen LogP) is 23.2. The number of ether oxygens (including phenoxy) is 1. The smallest absolute Gasteiger partial charge is 0.438 e. The van der Waals surface area contributed by atoms with Crippen LogP contribution in [0.25, 0.3) is 168 Å². The number of aromatic nitrogens is 8. The van der Waals surface area contributed by atoms with Gasteiger partial charge in [-0.15, -0.1) is 0 Å². The van der Waals surface area contributed by atoms with Gasteiger partial charge in [0.25, 0.3) is 0 Å². The zero-order valence-corrected chi connectivity index (χ0v) is 61.9. The van der Waals surface area contributed by atoms with Crippen LogP contribution in [-0.4, -0.2) is 71.4 Å². The zero-order valence-electron chi connectivity index (χ0n) is 61.1. The maximum Gasteiger partial charge on any atom is 0.495 e. The van der Waals surface area contributed by atoms with E-state index < -0.39 is 7.12 Å². The van der Waals surface area contributed by atoms with Gasteiger partial charge in [0.15, 0.2) is 34.9 Å². The highest BCUT2D eigenvalue weighted by atomic mass is 35.5. The van der Waals surface area contributed by atoms with E-state index in [1.165, 1.54) is 24.0 Å². The highest BCUT2D eigenvalue weighted by molar-refractivity contribution is 6.66. The summed E-state index contributed by atoms with van der Waals surface area (Å²) in [5.41, 5.74) is 17.3. The Morgan fingerprint density at radius 2 is 0.627 bits per heavy atom. The second-order valence-corrected chi connectivity index (χ2v) is 28.3. The van der Waals surface area contributed by atoms with Crippen molar-refractivity contribution in [3.63, 3.8) is 0 Å². The van der Waals surface area contributed by atoms with Crippen molar-refractivity contribution in [1.82, 2.24) is 46.0 Å². The Morgan fingerprint density at radius 1 is 0.309 bits per heavy atom. The third-order valence-electron chi connectivity index (χ3n) is 20.1. The molecule has 0 aliphatic carbocycles. The molecule has 3 N–H and O–H groups in total. The molecule has 6 aromatic heterocycles. The molecule has 0 saturated carbocycles. The minimum atomic E-state index is -0.434. The van der Waals surface area contributed by atoms with E-state index in [-0.39, 0.29) is 17.4 Å². The third-order valence-corrected chi connectivity index (χ3v) is 20.4. The molecule has 0 radical (unpaired) electrons. The first-order chi connectivity index (χ1) is 53.4. The van der Waals surface area contributed by atoms with E-state index in [1.807, 2.05) is 170 Å². The molecule has 2 saturated heterocycles. The minimum Gasteiger partial charge on any atom is -0.438 e. The molecule has 0 spiro atoms. The number of hydrogen-bond donors (Lipinski definition) is 1. The van der Waals surface area contributed by atoms with E-state index in [0.29, 0.717) is 51.4 Å². The largest absolute Gasteiger partial charge is 0.495 e. The summed E-state index contributed by atoms with van der Waals surface area (Å²) in [6.45, 7) is 10.3. The molecule has 0 unspecified atom stereocenters. The summed E-state index contributed by atoms with van der Waals surface area (Å²) in [6, 6.07) is 106.